The molecule has 2 aromatic rings. The molecule has 130 valence electrons. The molecule has 3 rings (SSSR count). The van der Waals surface area contributed by atoms with Gasteiger partial charge in [-0.3, -0.25) is 9.59 Å². The van der Waals surface area contributed by atoms with E-state index >= 15 is 0 Å². The lowest BCUT2D eigenvalue weighted by Gasteiger charge is -2.17. The summed E-state index contributed by atoms with van der Waals surface area (Å²) in [6.45, 7) is 0.388. The van der Waals surface area contributed by atoms with Crippen LogP contribution in [-0.4, -0.2) is 31.5 Å². The van der Waals surface area contributed by atoms with Gasteiger partial charge in [0, 0.05) is 18.7 Å². The molecule has 1 atom stereocenters. The maximum Gasteiger partial charge on any atom is 0.229 e. The summed E-state index contributed by atoms with van der Waals surface area (Å²) in [5.74, 6) is 0.172. The fourth-order valence-electron chi connectivity index (χ4n) is 2.88. The number of methoxy groups -OCH3 is 1. The van der Waals surface area contributed by atoms with E-state index in [-0.39, 0.29) is 36.5 Å². The molecule has 6 heteroatoms. The van der Waals surface area contributed by atoms with Crippen LogP contribution in [0.3, 0.4) is 0 Å². The van der Waals surface area contributed by atoms with E-state index in [1.54, 1.807) is 36.3 Å². The third kappa shape index (κ3) is 4.15. The van der Waals surface area contributed by atoms with Gasteiger partial charge >= 0.3 is 0 Å². The molecule has 1 aliphatic rings. The molecule has 0 spiro atoms. The van der Waals surface area contributed by atoms with Gasteiger partial charge in [-0.05, 0) is 42.0 Å². The van der Waals surface area contributed by atoms with Crippen LogP contribution < -0.4 is 15.0 Å². The highest BCUT2D eigenvalue weighted by Crippen LogP contribution is 2.22. The lowest BCUT2D eigenvalue weighted by atomic mass is 10.1. The summed E-state index contributed by atoms with van der Waals surface area (Å²) in [6, 6.07) is 12.8. The van der Waals surface area contributed by atoms with Gasteiger partial charge in [0.1, 0.15) is 11.6 Å². The normalized spacial score (nSPS) is 16.8. The quantitative estimate of drug-likeness (QED) is 0.907. The number of hydrogen-bond acceptors (Lipinski definition) is 3. The second kappa shape index (κ2) is 7.34. The van der Waals surface area contributed by atoms with Crippen molar-refractivity contribution in [2.75, 3.05) is 18.6 Å². The molecule has 25 heavy (non-hydrogen) atoms. The van der Waals surface area contributed by atoms with Crippen molar-refractivity contribution in [2.45, 2.75) is 18.9 Å². The number of ether oxygens (including phenoxy) is 1. The summed E-state index contributed by atoms with van der Waals surface area (Å²) >= 11 is 0. The number of carbonyl (C=O) groups is 2. The van der Waals surface area contributed by atoms with Crippen LogP contribution in [0.1, 0.15) is 12.0 Å². The number of rotatable bonds is 5. The van der Waals surface area contributed by atoms with Crippen LogP contribution in [0.5, 0.6) is 5.75 Å². The Kier molecular flexibility index (Phi) is 4.97. The molecule has 0 aromatic heterocycles. The molecule has 2 aromatic carbocycles. The fourth-order valence-corrected chi connectivity index (χ4v) is 2.88. The van der Waals surface area contributed by atoms with E-state index in [0.717, 1.165) is 11.3 Å². The minimum atomic E-state index is -0.347. The first-order valence-electron chi connectivity index (χ1n) is 8.03. The Morgan fingerprint density at radius 2 is 1.88 bits per heavy atom. The lowest BCUT2D eigenvalue weighted by molar-refractivity contribution is -0.121. The first-order chi connectivity index (χ1) is 12.0. The summed E-state index contributed by atoms with van der Waals surface area (Å²) < 4.78 is 18.1. The van der Waals surface area contributed by atoms with Gasteiger partial charge in [0.25, 0.3) is 0 Å². The first-order valence-corrected chi connectivity index (χ1v) is 8.03. The van der Waals surface area contributed by atoms with E-state index in [1.165, 1.54) is 12.1 Å². The second-order valence-electron chi connectivity index (χ2n) is 5.97. The molecule has 0 aliphatic carbocycles. The zero-order valence-electron chi connectivity index (χ0n) is 13.9. The Bertz CT molecular complexity index is 759. The number of nitrogens with one attached hydrogen (secondary N) is 1. The monoisotopic (exact) mass is 342 g/mol. The zero-order valence-corrected chi connectivity index (χ0v) is 13.9. The molecule has 1 N–H and O–H groups in total. The van der Waals surface area contributed by atoms with E-state index in [2.05, 4.69) is 5.32 Å². The number of nitrogens with zero attached hydrogens (tertiary/aromatic N) is 1. The maximum atomic E-state index is 13.0. The van der Waals surface area contributed by atoms with Crippen LogP contribution in [0.2, 0.25) is 0 Å². The average molecular weight is 342 g/mol. The van der Waals surface area contributed by atoms with Gasteiger partial charge in [-0.1, -0.05) is 12.1 Å². The zero-order chi connectivity index (χ0) is 17.8. The number of amides is 2. The van der Waals surface area contributed by atoms with Gasteiger partial charge in [0.2, 0.25) is 11.8 Å². The summed E-state index contributed by atoms with van der Waals surface area (Å²) in [7, 11) is 1.59. The molecule has 5 nitrogen and oxygen atoms in total. The Labute approximate surface area is 145 Å². The molecule has 1 fully saturated rings. The van der Waals surface area contributed by atoms with Crippen molar-refractivity contribution in [3.05, 3.63) is 59.9 Å². The smallest absolute Gasteiger partial charge is 0.229 e. The van der Waals surface area contributed by atoms with E-state index < -0.39 is 0 Å². The van der Waals surface area contributed by atoms with Crippen LogP contribution in [-0.2, 0) is 16.0 Å². The van der Waals surface area contributed by atoms with E-state index in [1.807, 2.05) is 12.1 Å². The minimum absolute atomic E-state index is 0.0821. The van der Waals surface area contributed by atoms with Crippen molar-refractivity contribution in [1.29, 1.82) is 0 Å². The van der Waals surface area contributed by atoms with Gasteiger partial charge in [-0.25, -0.2) is 4.39 Å². The second-order valence-corrected chi connectivity index (χ2v) is 5.97. The van der Waals surface area contributed by atoms with Crippen LogP contribution in [0, 0.1) is 5.82 Å². The standard InChI is InChI=1S/C19H19FN2O3/c1-25-17-8-2-13(3-9-17)10-18(23)21-15-11-19(24)22(12-15)16-6-4-14(20)5-7-16/h2-9,15H,10-12H2,1H3,(H,21,23)/t15-/m0/s1. The first kappa shape index (κ1) is 17.0. The summed E-state index contributed by atoms with van der Waals surface area (Å²) in [4.78, 5) is 25.9. The van der Waals surface area contributed by atoms with E-state index in [9.17, 15) is 14.0 Å². The number of carbonyl (C=O) groups excluding carboxylic acids is 2. The third-order valence-electron chi connectivity index (χ3n) is 4.15. The number of halogens is 1. The number of benzene rings is 2. The van der Waals surface area contributed by atoms with Crippen molar-refractivity contribution in [1.82, 2.24) is 5.32 Å². The van der Waals surface area contributed by atoms with Gasteiger partial charge in [-0.2, -0.15) is 0 Å². The van der Waals surface area contributed by atoms with Gasteiger partial charge in [-0.15, -0.1) is 0 Å². The topological polar surface area (TPSA) is 58.6 Å². The molecule has 0 unspecified atom stereocenters. The van der Waals surface area contributed by atoms with Crippen LogP contribution in [0.4, 0.5) is 10.1 Å². The Morgan fingerprint density at radius 3 is 2.52 bits per heavy atom. The Morgan fingerprint density at radius 1 is 1.20 bits per heavy atom. The minimum Gasteiger partial charge on any atom is -0.497 e. The highest BCUT2D eigenvalue weighted by atomic mass is 19.1. The maximum absolute atomic E-state index is 13.0. The Hall–Kier alpha value is -2.89. The van der Waals surface area contributed by atoms with Crippen molar-refractivity contribution in [3.63, 3.8) is 0 Å². The Balaban J connectivity index is 1.57. The molecule has 0 bridgehead atoms. The predicted octanol–water partition coefficient (Wildman–Crippen LogP) is 2.30. The summed E-state index contributed by atoms with van der Waals surface area (Å²) in [6.07, 6.45) is 0.483. The molecule has 1 saturated heterocycles. The van der Waals surface area contributed by atoms with Crippen molar-refractivity contribution in [3.8, 4) is 5.75 Å². The van der Waals surface area contributed by atoms with E-state index in [4.69, 9.17) is 4.74 Å². The molecular weight excluding hydrogens is 323 g/mol. The molecule has 1 aliphatic heterocycles. The van der Waals surface area contributed by atoms with Crippen LogP contribution >= 0.6 is 0 Å². The fraction of sp³-hybridized carbons (Fsp3) is 0.263. The lowest BCUT2D eigenvalue weighted by Crippen LogP contribution is -2.38. The third-order valence-corrected chi connectivity index (χ3v) is 4.15. The molecule has 2 amide bonds. The van der Waals surface area contributed by atoms with Crippen molar-refractivity contribution >= 4 is 17.5 Å². The predicted molar refractivity (Wildman–Crippen MR) is 92.0 cm³/mol. The van der Waals surface area contributed by atoms with Crippen molar-refractivity contribution in [2.24, 2.45) is 0 Å². The highest BCUT2D eigenvalue weighted by molar-refractivity contribution is 5.96. The summed E-state index contributed by atoms with van der Waals surface area (Å²) in [5, 5.41) is 2.89. The molecule has 0 radical (unpaired) electrons. The van der Waals surface area contributed by atoms with Gasteiger partial charge in [0.15, 0.2) is 0 Å². The number of anilines is 1. The molecular formula is C19H19FN2O3. The van der Waals surface area contributed by atoms with Crippen LogP contribution in [0.25, 0.3) is 0 Å². The highest BCUT2D eigenvalue weighted by Gasteiger charge is 2.31. The van der Waals surface area contributed by atoms with Crippen LogP contribution in [0.15, 0.2) is 48.5 Å². The average Bonchev–Trinajstić information content (AvgIpc) is 2.96. The van der Waals surface area contributed by atoms with Gasteiger partial charge < -0.3 is 15.0 Å². The van der Waals surface area contributed by atoms with Crippen molar-refractivity contribution < 1.29 is 18.7 Å². The molecule has 1 heterocycles. The largest absolute Gasteiger partial charge is 0.497 e. The summed E-state index contributed by atoms with van der Waals surface area (Å²) in [5.41, 5.74) is 1.51. The van der Waals surface area contributed by atoms with E-state index in [0.29, 0.717) is 12.2 Å². The number of hydrogen-bond donors (Lipinski definition) is 1. The molecule has 0 saturated carbocycles. The SMILES string of the molecule is COc1ccc(CC(=O)N[C@H]2CC(=O)N(c3ccc(F)cc3)C2)cc1. The van der Waals surface area contributed by atoms with Gasteiger partial charge in [0.05, 0.1) is 19.6 Å².